The number of nitrogens with two attached hydrogens (primary N) is 1. The summed E-state index contributed by atoms with van der Waals surface area (Å²) in [4.78, 5) is 0. The number of rotatable bonds is 2. The third kappa shape index (κ3) is 3.92. The zero-order valence-corrected chi connectivity index (χ0v) is 3.07. The monoisotopic (exact) mass is 72.1 g/mol. The molecule has 5 heavy (non-hydrogen) atoms. The molecule has 3 N–H and O–H groups in total. The number of nitrogens with one attached hydrogen (secondary N) is 1. The van der Waals surface area contributed by atoms with Gasteiger partial charge in [0.1, 0.15) is 0 Å². The van der Waals surface area contributed by atoms with Gasteiger partial charge in [0.2, 0.25) is 0 Å². The maximum atomic E-state index is 5.00. The summed E-state index contributed by atoms with van der Waals surface area (Å²) in [6.07, 6.45) is 0. The highest BCUT2D eigenvalue weighted by molar-refractivity contribution is 4.38. The van der Waals surface area contributed by atoms with Gasteiger partial charge in [-0.2, -0.15) is 0 Å². The molecular formula is C3H8N2. The van der Waals surface area contributed by atoms with Gasteiger partial charge in [-0.25, -0.2) is 0 Å². The molecule has 0 atom stereocenters. The van der Waals surface area contributed by atoms with Crippen LogP contribution in [0.15, 0.2) is 0 Å². The van der Waals surface area contributed by atoms with Crippen molar-refractivity contribution in [3.63, 3.8) is 0 Å². The molecule has 0 aliphatic heterocycles. The summed E-state index contributed by atoms with van der Waals surface area (Å²) in [6.45, 7) is 1.30. The lowest BCUT2D eigenvalue weighted by molar-refractivity contribution is 0.839. The molecule has 0 bridgehead atoms. The van der Waals surface area contributed by atoms with E-state index in [4.69, 9.17) is 12.8 Å². The van der Waals surface area contributed by atoms with E-state index in [0.29, 0.717) is 13.1 Å². The largest absolute Gasteiger partial charge is 0.329 e. The standard InChI is InChI=1S/C3H8N2/c1-5-3-2-4/h1,5H,2-4H2. The highest BCUT2D eigenvalue weighted by Gasteiger charge is 1.65. The number of hydrogen-bond donors (Lipinski definition) is 2. The molecular weight excluding hydrogens is 64.0 g/mol. The molecule has 0 aromatic rings. The summed E-state index contributed by atoms with van der Waals surface area (Å²) in [5.41, 5.74) is 5.00. The third-order valence-corrected chi connectivity index (χ3v) is 0.289. The molecule has 0 aliphatic rings. The first-order valence-electron chi connectivity index (χ1n) is 1.55. The molecule has 2 nitrogen and oxygen atoms in total. The van der Waals surface area contributed by atoms with E-state index in [2.05, 4.69) is 5.32 Å². The van der Waals surface area contributed by atoms with Crippen LogP contribution in [-0.2, 0) is 0 Å². The van der Waals surface area contributed by atoms with Crippen molar-refractivity contribution in [1.29, 1.82) is 0 Å². The highest BCUT2D eigenvalue weighted by atomic mass is 14.8. The van der Waals surface area contributed by atoms with Crippen LogP contribution in [0.3, 0.4) is 0 Å². The fourth-order valence-electron chi connectivity index (χ4n) is 0.0833. The smallest absolute Gasteiger partial charge is 0.0408 e. The molecule has 0 aliphatic carbocycles. The van der Waals surface area contributed by atoms with Gasteiger partial charge in [0.15, 0.2) is 0 Å². The topological polar surface area (TPSA) is 38.0 Å². The quantitative estimate of drug-likeness (QED) is 0.419. The molecule has 0 spiro atoms. The van der Waals surface area contributed by atoms with Gasteiger partial charge < -0.3 is 11.1 Å². The molecule has 0 amide bonds. The Morgan fingerprint density at radius 3 is 2.40 bits per heavy atom. The van der Waals surface area contributed by atoms with E-state index in [1.54, 1.807) is 0 Å². The Kier molecular flexibility index (Phi) is 3.86. The Labute approximate surface area is 32.4 Å². The first kappa shape index (κ1) is 4.92. The van der Waals surface area contributed by atoms with Crippen LogP contribution in [0.1, 0.15) is 0 Å². The van der Waals surface area contributed by atoms with Crippen molar-refractivity contribution < 1.29 is 0 Å². The second-order valence-corrected chi connectivity index (χ2v) is 0.743. The van der Waals surface area contributed by atoms with Gasteiger partial charge in [0.05, 0.1) is 0 Å². The molecule has 0 saturated heterocycles. The van der Waals surface area contributed by atoms with E-state index >= 15 is 0 Å². The minimum Gasteiger partial charge on any atom is -0.329 e. The fourth-order valence-corrected chi connectivity index (χ4v) is 0.0833. The van der Waals surface area contributed by atoms with Crippen molar-refractivity contribution in [1.82, 2.24) is 5.32 Å². The van der Waals surface area contributed by atoms with Crippen LogP contribution in [0.5, 0.6) is 0 Å². The predicted octanol–water partition coefficient (Wildman–Crippen LogP) is -0.797. The lowest BCUT2D eigenvalue weighted by Gasteiger charge is -1.84. The van der Waals surface area contributed by atoms with Crippen molar-refractivity contribution in [2.75, 3.05) is 13.1 Å². The van der Waals surface area contributed by atoms with Crippen LogP contribution < -0.4 is 11.1 Å². The van der Waals surface area contributed by atoms with Crippen LogP contribution in [0.25, 0.3) is 0 Å². The van der Waals surface area contributed by atoms with Crippen molar-refractivity contribution >= 4 is 0 Å². The first-order valence-corrected chi connectivity index (χ1v) is 1.55. The molecule has 0 fully saturated rings. The summed E-state index contributed by atoms with van der Waals surface area (Å²) < 4.78 is 0. The van der Waals surface area contributed by atoms with Crippen molar-refractivity contribution in [2.45, 2.75) is 0 Å². The van der Waals surface area contributed by atoms with Gasteiger partial charge in [-0.15, -0.1) is 0 Å². The SMILES string of the molecule is [CH]NCCN. The third-order valence-electron chi connectivity index (χ3n) is 0.289. The van der Waals surface area contributed by atoms with Gasteiger partial charge in [-0.3, -0.25) is 0 Å². The molecule has 30 valence electrons. The molecule has 0 rings (SSSR count). The summed E-state index contributed by atoms with van der Waals surface area (Å²) in [6, 6.07) is 0. The molecule has 0 aromatic carbocycles. The molecule has 0 unspecified atom stereocenters. The van der Waals surface area contributed by atoms with E-state index in [1.165, 1.54) is 0 Å². The van der Waals surface area contributed by atoms with Crippen LogP contribution in [0.2, 0.25) is 0 Å². The van der Waals surface area contributed by atoms with E-state index in [9.17, 15) is 0 Å². The maximum absolute atomic E-state index is 5.00. The van der Waals surface area contributed by atoms with Gasteiger partial charge in [-0.1, -0.05) is 0 Å². The van der Waals surface area contributed by atoms with Gasteiger partial charge >= 0.3 is 0 Å². The highest BCUT2D eigenvalue weighted by Crippen LogP contribution is 1.39. The van der Waals surface area contributed by atoms with Crippen molar-refractivity contribution in [2.24, 2.45) is 5.73 Å². The summed E-state index contributed by atoms with van der Waals surface area (Å²) in [7, 11) is 4.81. The van der Waals surface area contributed by atoms with E-state index in [0.717, 1.165) is 0 Å². The summed E-state index contributed by atoms with van der Waals surface area (Å²) in [5, 5.41) is 2.39. The number of hydrogen-bond acceptors (Lipinski definition) is 2. The minimum atomic E-state index is 0.608. The first-order chi connectivity index (χ1) is 2.41. The van der Waals surface area contributed by atoms with Crippen LogP contribution >= 0.6 is 0 Å². The molecule has 2 radical (unpaired) electrons. The van der Waals surface area contributed by atoms with Gasteiger partial charge in [-0.05, 0) is 0 Å². The van der Waals surface area contributed by atoms with E-state index < -0.39 is 0 Å². The normalized spacial score (nSPS) is 8.40. The Balaban J connectivity index is 2.19. The lowest BCUT2D eigenvalue weighted by atomic mass is 10.7. The summed E-state index contributed by atoms with van der Waals surface area (Å²) in [5.74, 6) is 0. The minimum absolute atomic E-state index is 0.608. The summed E-state index contributed by atoms with van der Waals surface area (Å²) >= 11 is 0. The second-order valence-electron chi connectivity index (χ2n) is 0.743. The zero-order chi connectivity index (χ0) is 4.12. The van der Waals surface area contributed by atoms with Gasteiger partial charge in [0, 0.05) is 20.1 Å². The Morgan fingerprint density at radius 2 is 2.40 bits per heavy atom. The molecule has 0 aromatic heterocycles. The second kappa shape index (κ2) is 3.92. The van der Waals surface area contributed by atoms with Crippen LogP contribution in [-0.4, -0.2) is 13.1 Å². The predicted molar refractivity (Wildman–Crippen MR) is 21.4 cm³/mol. The molecule has 0 heterocycles. The van der Waals surface area contributed by atoms with Crippen molar-refractivity contribution in [3.05, 3.63) is 7.05 Å². The molecule has 2 heteroatoms. The average molecular weight is 72.1 g/mol. The van der Waals surface area contributed by atoms with E-state index in [-0.39, 0.29) is 0 Å². The molecule has 0 saturated carbocycles. The zero-order valence-electron chi connectivity index (χ0n) is 3.07. The van der Waals surface area contributed by atoms with Crippen molar-refractivity contribution in [3.8, 4) is 0 Å². The lowest BCUT2D eigenvalue weighted by Crippen LogP contribution is -2.15. The van der Waals surface area contributed by atoms with Gasteiger partial charge in [0.25, 0.3) is 0 Å². The van der Waals surface area contributed by atoms with Crippen LogP contribution in [0.4, 0.5) is 0 Å². The fraction of sp³-hybridized carbons (Fsp3) is 0.667. The van der Waals surface area contributed by atoms with Crippen LogP contribution in [0, 0.1) is 7.05 Å². The average Bonchev–Trinajstić information content (AvgIpc) is 1.41. The van der Waals surface area contributed by atoms with E-state index in [1.807, 2.05) is 0 Å². The Morgan fingerprint density at radius 1 is 1.80 bits per heavy atom. The Bertz CT molecular complexity index is 12.4. The maximum Gasteiger partial charge on any atom is 0.0408 e. The Hall–Kier alpha value is -0.0800.